The Labute approximate surface area is 140 Å². The van der Waals surface area contributed by atoms with Gasteiger partial charge in [0, 0.05) is 17.8 Å². The summed E-state index contributed by atoms with van der Waals surface area (Å²) in [5.41, 5.74) is 1.31. The van der Waals surface area contributed by atoms with Crippen LogP contribution in [0.1, 0.15) is 11.3 Å². The summed E-state index contributed by atoms with van der Waals surface area (Å²) in [7, 11) is 3.06. The molecule has 0 unspecified atom stereocenters. The van der Waals surface area contributed by atoms with Crippen LogP contribution in [0.25, 0.3) is 6.08 Å². The van der Waals surface area contributed by atoms with Crippen molar-refractivity contribution in [1.29, 1.82) is 5.26 Å². The summed E-state index contributed by atoms with van der Waals surface area (Å²) in [6, 6.07) is 12.5. The van der Waals surface area contributed by atoms with Crippen LogP contribution in [0.4, 0.5) is 0 Å². The minimum atomic E-state index is -0.471. The summed E-state index contributed by atoms with van der Waals surface area (Å²) in [5, 5.41) is 11.9. The van der Waals surface area contributed by atoms with Gasteiger partial charge in [0.05, 0.1) is 26.5 Å². The van der Waals surface area contributed by atoms with E-state index in [0.717, 1.165) is 0 Å². The Bertz CT molecular complexity index is 780. The molecule has 2 aromatic rings. The third-order valence-electron chi connectivity index (χ3n) is 3.26. The van der Waals surface area contributed by atoms with E-state index in [1.54, 1.807) is 43.6 Å². The third-order valence-corrected chi connectivity index (χ3v) is 3.26. The number of rotatable bonds is 6. The Morgan fingerprint density at radius 1 is 1.29 bits per heavy atom. The second-order valence-corrected chi connectivity index (χ2v) is 4.78. The summed E-state index contributed by atoms with van der Waals surface area (Å²) in [5.74, 6) is 0.669. The van der Waals surface area contributed by atoms with E-state index in [4.69, 9.17) is 9.47 Å². The van der Waals surface area contributed by atoms with Crippen molar-refractivity contribution in [3.05, 3.63) is 59.4 Å². The normalized spacial score (nSPS) is 10.6. The first kappa shape index (κ1) is 17.0. The molecular formula is C18H17N3O3. The molecule has 0 fully saturated rings. The first-order valence-electron chi connectivity index (χ1n) is 7.20. The molecule has 1 heterocycles. The molecule has 0 atom stereocenters. The predicted molar refractivity (Wildman–Crippen MR) is 89.2 cm³/mol. The van der Waals surface area contributed by atoms with Crippen molar-refractivity contribution in [3.63, 3.8) is 0 Å². The van der Waals surface area contributed by atoms with Crippen LogP contribution in [-0.4, -0.2) is 25.1 Å². The Balaban J connectivity index is 2.16. The van der Waals surface area contributed by atoms with Crippen LogP contribution >= 0.6 is 0 Å². The van der Waals surface area contributed by atoms with Gasteiger partial charge in [-0.15, -0.1) is 0 Å². The van der Waals surface area contributed by atoms with Crippen molar-refractivity contribution >= 4 is 12.0 Å². The zero-order chi connectivity index (χ0) is 17.4. The van der Waals surface area contributed by atoms with E-state index in [2.05, 4.69) is 10.3 Å². The first-order chi connectivity index (χ1) is 11.7. The number of hydrogen-bond donors (Lipinski definition) is 1. The van der Waals surface area contributed by atoms with Gasteiger partial charge in [-0.2, -0.15) is 5.26 Å². The van der Waals surface area contributed by atoms with Gasteiger partial charge in [0.2, 0.25) is 0 Å². The molecule has 0 bridgehead atoms. The molecule has 0 aliphatic rings. The number of methoxy groups -OCH3 is 2. The van der Waals surface area contributed by atoms with Gasteiger partial charge in [0.25, 0.3) is 5.91 Å². The maximum absolute atomic E-state index is 12.2. The highest BCUT2D eigenvalue weighted by molar-refractivity contribution is 6.01. The molecule has 6 nitrogen and oxygen atoms in total. The van der Waals surface area contributed by atoms with Gasteiger partial charge in [-0.05, 0) is 30.3 Å². The van der Waals surface area contributed by atoms with Gasteiger partial charge in [0.1, 0.15) is 23.1 Å². The van der Waals surface area contributed by atoms with E-state index < -0.39 is 5.91 Å². The van der Waals surface area contributed by atoms with E-state index in [0.29, 0.717) is 22.8 Å². The van der Waals surface area contributed by atoms with Gasteiger partial charge in [-0.25, -0.2) is 0 Å². The fraction of sp³-hybridized carbons (Fsp3) is 0.167. The number of amides is 1. The van der Waals surface area contributed by atoms with Crippen LogP contribution in [0.2, 0.25) is 0 Å². The summed E-state index contributed by atoms with van der Waals surface area (Å²) in [6.45, 7) is 0.248. The average Bonchev–Trinajstić information content (AvgIpc) is 2.64. The molecule has 0 aliphatic heterocycles. The smallest absolute Gasteiger partial charge is 0.262 e. The number of nitriles is 1. The first-order valence-corrected chi connectivity index (χ1v) is 7.20. The maximum atomic E-state index is 12.2. The molecule has 1 amide bonds. The lowest BCUT2D eigenvalue weighted by molar-refractivity contribution is -0.117. The largest absolute Gasteiger partial charge is 0.497 e. The molecule has 0 aliphatic carbocycles. The molecule has 0 radical (unpaired) electrons. The lowest BCUT2D eigenvalue weighted by atomic mass is 10.1. The zero-order valence-electron chi connectivity index (χ0n) is 13.4. The van der Waals surface area contributed by atoms with E-state index in [-0.39, 0.29) is 12.1 Å². The van der Waals surface area contributed by atoms with Gasteiger partial charge < -0.3 is 14.8 Å². The highest BCUT2D eigenvalue weighted by Crippen LogP contribution is 2.26. The second-order valence-electron chi connectivity index (χ2n) is 4.78. The molecule has 122 valence electrons. The van der Waals surface area contributed by atoms with Gasteiger partial charge in [0.15, 0.2) is 0 Å². The van der Waals surface area contributed by atoms with Crippen molar-refractivity contribution in [3.8, 4) is 17.6 Å². The Hall–Kier alpha value is -3.33. The Morgan fingerprint density at radius 2 is 2.12 bits per heavy atom. The number of nitrogens with zero attached hydrogens (tertiary/aromatic N) is 2. The number of ether oxygens (including phenoxy) is 2. The number of carbonyl (C=O) groups is 1. The summed E-state index contributed by atoms with van der Waals surface area (Å²) in [4.78, 5) is 16.3. The third kappa shape index (κ3) is 4.34. The number of benzene rings is 1. The molecule has 2 rings (SSSR count). The number of hydrogen-bond acceptors (Lipinski definition) is 5. The van der Waals surface area contributed by atoms with E-state index in [9.17, 15) is 10.1 Å². The molecule has 1 aromatic heterocycles. The fourth-order valence-corrected chi connectivity index (χ4v) is 2.01. The SMILES string of the molecule is COc1ccc(/C=C(\C#N)C(=O)NCc2ccccn2)c(OC)c1. The number of carbonyl (C=O) groups excluding carboxylic acids is 1. The van der Waals surface area contributed by atoms with Crippen LogP contribution < -0.4 is 14.8 Å². The van der Waals surface area contributed by atoms with Crippen LogP contribution in [0.15, 0.2) is 48.2 Å². The van der Waals surface area contributed by atoms with Gasteiger partial charge >= 0.3 is 0 Å². The summed E-state index contributed by atoms with van der Waals surface area (Å²) >= 11 is 0. The average molecular weight is 323 g/mol. The Kier molecular flexibility index (Phi) is 5.92. The van der Waals surface area contributed by atoms with Gasteiger partial charge in [-0.3, -0.25) is 9.78 Å². The highest BCUT2D eigenvalue weighted by Gasteiger charge is 2.11. The van der Waals surface area contributed by atoms with E-state index in [1.165, 1.54) is 13.2 Å². The lowest BCUT2D eigenvalue weighted by Crippen LogP contribution is -2.24. The van der Waals surface area contributed by atoms with E-state index in [1.807, 2.05) is 12.1 Å². The molecule has 0 saturated carbocycles. The van der Waals surface area contributed by atoms with Crippen LogP contribution in [0, 0.1) is 11.3 Å². The second kappa shape index (κ2) is 8.34. The fourth-order valence-electron chi connectivity index (χ4n) is 2.01. The topological polar surface area (TPSA) is 84.2 Å². The number of pyridine rings is 1. The molecule has 0 spiro atoms. The number of nitrogens with one attached hydrogen (secondary N) is 1. The van der Waals surface area contributed by atoms with Crippen molar-refractivity contribution in [2.45, 2.75) is 6.54 Å². The molecular weight excluding hydrogens is 306 g/mol. The molecule has 1 aromatic carbocycles. The number of aromatic nitrogens is 1. The highest BCUT2D eigenvalue weighted by atomic mass is 16.5. The molecule has 1 N–H and O–H groups in total. The summed E-state index contributed by atoms with van der Waals surface area (Å²) < 4.78 is 10.4. The monoisotopic (exact) mass is 323 g/mol. The zero-order valence-corrected chi connectivity index (χ0v) is 13.4. The molecule has 6 heteroatoms. The van der Waals surface area contributed by atoms with Crippen LogP contribution in [-0.2, 0) is 11.3 Å². The molecule has 24 heavy (non-hydrogen) atoms. The standard InChI is InChI=1S/C18H17N3O3/c1-23-16-7-6-13(17(10-16)24-2)9-14(11-19)18(22)21-12-15-5-3-4-8-20-15/h3-10H,12H2,1-2H3,(H,21,22)/b14-9+. The molecule has 0 saturated heterocycles. The maximum Gasteiger partial charge on any atom is 0.262 e. The van der Waals surface area contributed by atoms with Crippen LogP contribution in [0.3, 0.4) is 0 Å². The van der Waals surface area contributed by atoms with Crippen molar-refractivity contribution in [1.82, 2.24) is 10.3 Å². The quantitative estimate of drug-likeness (QED) is 0.651. The van der Waals surface area contributed by atoms with Crippen molar-refractivity contribution < 1.29 is 14.3 Å². The van der Waals surface area contributed by atoms with Crippen molar-refractivity contribution in [2.75, 3.05) is 14.2 Å². The van der Waals surface area contributed by atoms with Crippen LogP contribution in [0.5, 0.6) is 11.5 Å². The van der Waals surface area contributed by atoms with E-state index >= 15 is 0 Å². The minimum absolute atomic E-state index is 0.0191. The van der Waals surface area contributed by atoms with Gasteiger partial charge in [-0.1, -0.05) is 6.07 Å². The predicted octanol–water partition coefficient (Wildman–Crippen LogP) is 2.32. The Morgan fingerprint density at radius 3 is 2.75 bits per heavy atom. The minimum Gasteiger partial charge on any atom is -0.497 e. The lowest BCUT2D eigenvalue weighted by Gasteiger charge is -2.08. The van der Waals surface area contributed by atoms with Crippen molar-refractivity contribution in [2.24, 2.45) is 0 Å². The summed E-state index contributed by atoms with van der Waals surface area (Å²) in [6.07, 6.45) is 3.12.